The average molecular weight is 273 g/mol. The molecule has 1 aromatic heterocycles. The molecule has 0 spiro atoms. The van der Waals surface area contributed by atoms with Gasteiger partial charge in [0.2, 0.25) is 5.96 Å². The van der Waals surface area contributed by atoms with E-state index >= 15 is 0 Å². The van der Waals surface area contributed by atoms with Crippen LogP contribution in [0.2, 0.25) is 0 Å². The lowest BCUT2D eigenvalue weighted by molar-refractivity contribution is 0.185. The predicted octanol–water partition coefficient (Wildman–Crippen LogP) is 1.50. The first kappa shape index (κ1) is 14.2. The number of hydrogen-bond donors (Lipinski definition) is 3. The maximum absolute atomic E-state index is 5.48. The Morgan fingerprint density at radius 1 is 1.45 bits per heavy atom. The molecular formula is C14H19N5O. The van der Waals surface area contributed by atoms with Crippen LogP contribution in [-0.4, -0.2) is 30.7 Å². The van der Waals surface area contributed by atoms with Crippen LogP contribution in [0.1, 0.15) is 6.92 Å². The number of ether oxygens (including phenoxy) is 1. The second-order valence-electron chi connectivity index (χ2n) is 4.46. The van der Waals surface area contributed by atoms with Crippen molar-refractivity contribution in [3.63, 3.8) is 0 Å². The third-order valence-corrected chi connectivity index (χ3v) is 2.76. The Kier molecular flexibility index (Phi) is 4.86. The third kappa shape index (κ3) is 3.66. The zero-order valence-corrected chi connectivity index (χ0v) is 11.6. The van der Waals surface area contributed by atoms with Crippen LogP contribution in [0.5, 0.6) is 0 Å². The van der Waals surface area contributed by atoms with Gasteiger partial charge < -0.3 is 10.1 Å². The largest absolute Gasteiger partial charge is 0.382 e. The highest BCUT2D eigenvalue weighted by Crippen LogP contribution is 2.16. The molecule has 4 N–H and O–H groups in total. The zero-order chi connectivity index (χ0) is 14.4. The number of benzene rings is 1. The van der Waals surface area contributed by atoms with E-state index in [9.17, 15) is 0 Å². The molecule has 0 aliphatic carbocycles. The van der Waals surface area contributed by atoms with E-state index in [4.69, 9.17) is 10.6 Å². The summed E-state index contributed by atoms with van der Waals surface area (Å²) in [6, 6.07) is 9.81. The second kappa shape index (κ2) is 6.83. The first-order valence-electron chi connectivity index (χ1n) is 6.38. The van der Waals surface area contributed by atoms with Gasteiger partial charge in [0.05, 0.1) is 18.2 Å². The number of anilines is 1. The minimum absolute atomic E-state index is 0.0145. The fourth-order valence-electron chi connectivity index (χ4n) is 1.89. The molecule has 0 radical (unpaired) electrons. The van der Waals surface area contributed by atoms with Crippen molar-refractivity contribution in [2.75, 3.05) is 19.0 Å². The van der Waals surface area contributed by atoms with Crippen molar-refractivity contribution in [3.8, 4) is 0 Å². The van der Waals surface area contributed by atoms with E-state index in [1.165, 1.54) is 0 Å². The van der Waals surface area contributed by atoms with E-state index in [2.05, 4.69) is 20.7 Å². The van der Waals surface area contributed by atoms with Gasteiger partial charge in [-0.1, -0.05) is 6.07 Å². The Bertz CT molecular complexity index is 599. The fraction of sp³-hybridized carbons (Fsp3) is 0.286. The Balaban J connectivity index is 2.16. The first-order valence-corrected chi connectivity index (χ1v) is 6.38. The molecule has 1 aromatic carbocycles. The van der Waals surface area contributed by atoms with Crippen LogP contribution in [0.15, 0.2) is 41.5 Å². The lowest BCUT2D eigenvalue weighted by Crippen LogP contribution is -2.37. The van der Waals surface area contributed by atoms with Gasteiger partial charge in [-0.05, 0) is 31.2 Å². The van der Waals surface area contributed by atoms with Gasteiger partial charge in [0.15, 0.2) is 0 Å². The van der Waals surface area contributed by atoms with Crippen molar-refractivity contribution < 1.29 is 4.74 Å². The summed E-state index contributed by atoms with van der Waals surface area (Å²) in [5.41, 5.74) is 4.40. The lowest BCUT2D eigenvalue weighted by atomic mass is 10.2. The number of nitrogens with zero attached hydrogens (tertiary/aromatic N) is 2. The number of fused-ring (bicyclic) bond motifs is 1. The summed E-state index contributed by atoms with van der Waals surface area (Å²) in [6.45, 7) is 2.49. The van der Waals surface area contributed by atoms with E-state index in [1.54, 1.807) is 13.3 Å². The minimum atomic E-state index is 0.0145. The number of aliphatic imine (C=N–C) groups is 1. The molecular weight excluding hydrogens is 254 g/mol. The van der Waals surface area contributed by atoms with Gasteiger partial charge in [0.25, 0.3) is 0 Å². The van der Waals surface area contributed by atoms with Crippen LogP contribution in [0.4, 0.5) is 5.69 Å². The number of aromatic nitrogens is 1. The van der Waals surface area contributed by atoms with E-state index in [1.807, 2.05) is 37.3 Å². The molecule has 0 saturated carbocycles. The molecule has 20 heavy (non-hydrogen) atoms. The molecule has 0 fully saturated rings. The molecule has 0 aliphatic rings. The van der Waals surface area contributed by atoms with E-state index in [0.717, 1.165) is 16.6 Å². The number of rotatable bonds is 4. The van der Waals surface area contributed by atoms with Gasteiger partial charge >= 0.3 is 0 Å². The topological polar surface area (TPSA) is 84.6 Å². The average Bonchev–Trinajstić information content (AvgIpc) is 2.46. The minimum Gasteiger partial charge on any atom is -0.382 e. The summed E-state index contributed by atoms with van der Waals surface area (Å²) in [6.07, 6.45) is 1.77. The number of nitrogens with two attached hydrogens (primary N) is 1. The normalized spacial score (nSPS) is 13.2. The second-order valence-corrected chi connectivity index (χ2v) is 4.46. The van der Waals surface area contributed by atoms with Crippen LogP contribution in [0.25, 0.3) is 10.9 Å². The maximum Gasteiger partial charge on any atom is 0.210 e. The summed E-state index contributed by atoms with van der Waals surface area (Å²) < 4.78 is 5.05. The summed E-state index contributed by atoms with van der Waals surface area (Å²) in [7, 11) is 1.64. The first-order chi connectivity index (χ1) is 9.72. The van der Waals surface area contributed by atoms with E-state index < -0.39 is 0 Å². The molecule has 6 nitrogen and oxygen atoms in total. The number of pyridine rings is 1. The van der Waals surface area contributed by atoms with E-state index in [0.29, 0.717) is 12.6 Å². The summed E-state index contributed by atoms with van der Waals surface area (Å²) in [5, 5.41) is 4.20. The van der Waals surface area contributed by atoms with E-state index in [-0.39, 0.29) is 6.04 Å². The molecule has 1 heterocycles. The quantitative estimate of drug-likeness (QED) is 0.340. The molecule has 6 heteroatoms. The van der Waals surface area contributed by atoms with Crippen molar-refractivity contribution in [1.82, 2.24) is 10.4 Å². The lowest BCUT2D eigenvalue weighted by Gasteiger charge is -2.12. The molecule has 1 atom stereocenters. The van der Waals surface area contributed by atoms with Crippen molar-refractivity contribution >= 4 is 22.5 Å². The summed E-state index contributed by atoms with van der Waals surface area (Å²) in [4.78, 5) is 8.67. The molecule has 0 saturated heterocycles. The molecule has 2 rings (SSSR count). The predicted molar refractivity (Wildman–Crippen MR) is 81.5 cm³/mol. The zero-order valence-electron chi connectivity index (χ0n) is 11.6. The molecule has 1 unspecified atom stereocenters. The SMILES string of the molecule is COCC(C)N=C(NN)Nc1ccc2ncccc2c1. The molecule has 0 amide bonds. The van der Waals surface area contributed by atoms with Crippen molar-refractivity contribution in [1.29, 1.82) is 0 Å². The number of nitrogens with one attached hydrogen (secondary N) is 2. The van der Waals surface area contributed by atoms with Crippen molar-refractivity contribution in [3.05, 3.63) is 36.5 Å². The Labute approximate surface area is 118 Å². The van der Waals surface area contributed by atoms with Crippen LogP contribution in [0.3, 0.4) is 0 Å². The third-order valence-electron chi connectivity index (χ3n) is 2.76. The molecule has 106 valence electrons. The highest BCUT2D eigenvalue weighted by molar-refractivity contribution is 5.95. The monoisotopic (exact) mass is 273 g/mol. The number of guanidine groups is 1. The van der Waals surface area contributed by atoms with Gasteiger partial charge in [-0.2, -0.15) is 0 Å². The standard InChI is InChI=1S/C14H19N5O/c1-10(9-20-2)17-14(19-15)18-12-5-6-13-11(8-12)4-3-7-16-13/h3-8,10H,9,15H2,1-2H3,(H2,17,18,19). The van der Waals surface area contributed by atoms with Crippen LogP contribution in [0, 0.1) is 0 Å². The number of methoxy groups -OCH3 is 1. The number of hydrogen-bond acceptors (Lipinski definition) is 4. The molecule has 0 bridgehead atoms. The van der Waals surface area contributed by atoms with Crippen LogP contribution in [-0.2, 0) is 4.74 Å². The van der Waals surface area contributed by atoms with Crippen LogP contribution < -0.4 is 16.6 Å². The summed E-state index contributed by atoms with van der Waals surface area (Å²) in [5.74, 6) is 5.98. The maximum atomic E-state index is 5.48. The van der Waals surface area contributed by atoms with Crippen LogP contribution >= 0.6 is 0 Å². The summed E-state index contributed by atoms with van der Waals surface area (Å²) >= 11 is 0. The van der Waals surface area contributed by atoms with Gasteiger partial charge in [-0.25, -0.2) is 10.8 Å². The Morgan fingerprint density at radius 3 is 3.05 bits per heavy atom. The number of hydrazine groups is 1. The smallest absolute Gasteiger partial charge is 0.210 e. The highest BCUT2D eigenvalue weighted by atomic mass is 16.5. The van der Waals surface area contributed by atoms with Gasteiger partial charge in [-0.3, -0.25) is 10.4 Å². The van der Waals surface area contributed by atoms with Crippen molar-refractivity contribution in [2.45, 2.75) is 13.0 Å². The fourth-order valence-corrected chi connectivity index (χ4v) is 1.89. The Hall–Kier alpha value is -2.18. The van der Waals surface area contributed by atoms with Crippen molar-refractivity contribution in [2.24, 2.45) is 10.8 Å². The van der Waals surface area contributed by atoms with Gasteiger partial charge in [-0.15, -0.1) is 0 Å². The van der Waals surface area contributed by atoms with Gasteiger partial charge in [0, 0.05) is 24.4 Å². The molecule has 2 aromatic rings. The highest BCUT2D eigenvalue weighted by Gasteiger charge is 2.03. The Morgan fingerprint density at radius 2 is 2.30 bits per heavy atom. The molecule has 0 aliphatic heterocycles. The van der Waals surface area contributed by atoms with Gasteiger partial charge in [0.1, 0.15) is 0 Å².